The van der Waals surface area contributed by atoms with Crippen LogP contribution in [-0.4, -0.2) is 40.2 Å². The van der Waals surface area contributed by atoms with Gasteiger partial charge in [-0.05, 0) is 39.8 Å². The summed E-state index contributed by atoms with van der Waals surface area (Å²) in [5.41, 5.74) is 0.354. The van der Waals surface area contributed by atoms with E-state index in [-0.39, 0.29) is 0 Å². The first-order chi connectivity index (χ1) is 12.4. The minimum atomic E-state index is -1.62. The summed E-state index contributed by atoms with van der Waals surface area (Å²) in [6.45, 7) is 6.97. The quantitative estimate of drug-likeness (QED) is 0.657. The van der Waals surface area contributed by atoms with E-state index in [1.807, 2.05) is 6.92 Å². The van der Waals surface area contributed by atoms with Gasteiger partial charge in [-0.15, -0.1) is 0 Å². The lowest BCUT2D eigenvalue weighted by atomic mass is 10.2. The zero-order valence-electron chi connectivity index (χ0n) is 14.9. The number of carbonyl (C=O) groups excluding carboxylic acids is 2. The Morgan fingerprint density at radius 1 is 0.815 bits per heavy atom. The van der Waals surface area contributed by atoms with Crippen molar-refractivity contribution in [1.82, 2.24) is 0 Å². The molecule has 2 N–H and O–H groups in total. The molecule has 0 heterocycles. The highest BCUT2D eigenvalue weighted by Crippen LogP contribution is 2.12. The summed E-state index contributed by atoms with van der Waals surface area (Å²) in [6, 6.07) is 6.81. The number of hydrogen-bond donors (Lipinski definition) is 2. The minimum Gasteiger partial charge on any atom is -0.462 e. The van der Waals surface area contributed by atoms with E-state index >= 15 is 0 Å². The van der Waals surface area contributed by atoms with Crippen molar-refractivity contribution in [1.29, 1.82) is 0 Å². The third-order valence-electron chi connectivity index (χ3n) is 2.05. The van der Waals surface area contributed by atoms with E-state index in [0.29, 0.717) is 5.75 Å². The van der Waals surface area contributed by atoms with E-state index < -0.39 is 30.0 Å². The molecule has 0 atom stereocenters. The molecule has 0 fully saturated rings. The van der Waals surface area contributed by atoms with E-state index in [9.17, 15) is 19.2 Å². The highest BCUT2D eigenvalue weighted by molar-refractivity contribution is 5.75. The van der Waals surface area contributed by atoms with E-state index in [0.717, 1.165) is 5.56 Å². The number of rotatable bonds is 1. The van der Waals surface area contributed by atoms with Gasteiger partial charge in [-0.1, -0.05) is 38.2 Å². The molecule has 0 saturated heterocycles. The molecule has 12 nitrogen and oxygen atoms in total. The number of azo groups is 2. The fourth-order valence-electron chi connectivity index (χ4n) is 1.18. The average molecular weight is 382 g/mol. The highest BCUT2D eigenvalue weighted by Gasteiger charge is 2.16. The van der Waals surface area contributed by atoms with Crippen molar-refractivity contribution in [2.45, 2.75) is 33.3 Å². The van der Waals surface area contributed by atoms with Crippen LogP contribution in [0.1, 0.15) is 26.3 Å². The predicted molar refractivity (Wildman–Crippen MR) is 89.2 cm³/mol. The lowest BCUT2D eigenvalue weighted by Gasteiger charge is -2.16. The van der Waals surface area contributed by atoms with Crippen LogP contribution in [0.2, 0.25) is 0 Å². The Labute approximate surface area is 153 Å². The zero-order valence-corrected chi connectivity index (χ0v) is 14.9. The molecular formula is C15H18N4O8. The van der Waals surface area contributed by atoms with Gasteiger partial charge in [0.05, 0.1) is 0 Å². The van der Waals surface area contributed by atoms with Crippen molar-refractivity contribution >= 4 is 24.4 Å². The second-order valence-electron chi connectivity index (χ2n) is 5.63. The molecule has 146 valence electrons. The van der Waals surface area contributed by atoms with E-state index in [2.05, 4.69) is 20.5 Å². The van der Waals surface area contributed by atoms with E-state index in [4.69, 9.17) is 19.7 Å². The summed E-state index contributed by atoms with van der Waals surface area (Å²) >= 11 is 0. The van der Waals surface area contributed by atoms with Crippen molar-refractivity contribution in [3.63, 3.8) is 0 Å². The second-order valence-corrected chi connectivity index (χ2v) is 5.63. The Hall–Kier alpha value is -3.70. The largest absolute Gasteiger partial charge is 0.462 e. The number of aryl methyl sites for hydroxylation is 1. The van der Waals surface area contributed by atoms with Crippen LogP contribution in [0.25, 0.3) is 0 Å². The number of hydrogen-bond acceptors (Lipinski definition) is 6. The maximum absolute atomic E-state index is 11.3. The van der Waals surface area contributed by atoms with Crippen molar-refractivity contribution in [3.8, 4) is 5.75 Å². The Morgan fingerprint density at radius 2 is 1.26 bits per heavy atom. The third kappa shape index (κ3) is 14.4. The topological polar surface area (TPSA) is 177 Å². The van der Waals surface area contributed by atoms with Crippen LogP contribution in [0.5, 0.6) is 5.75 Å². The third-order valence-corrected chi connectivity index (χ3v) is 2.05. The van der Waals surface area contributed by atoms with Crippen molar-refractivity contribution in [3.05, 3.63) is 29.8 Å². The van der Waals surface area contributed by atoms with Crippen molar-refractivity contribution in [2.24, 2.45) is 20.5 Å². The molecule has 0 aromatic heterocycles. The standard InChI is InChI=1S/C13H16N2O4.C2H2N2O4/c1-9-5-7-10(8-6-9)18-11(16)14-15-12(17)19-13(2,3)4;5-1(6)3-4-2(7)8/h5-8H,1-4H3;(H,5,6)(H,7,8). The van der Waals surface area contributed by atoms with Crippen molar-refractivity contribution in [2.75, 3.05) is 0 Å². The van der Waals surface area contributed by atoms with Gasteiger partial charge in [0.2, 0.25) is 0 Å². The summed E-state index contributed by atoms with van der Waals surface area (Å²) in [5.74, 6) is 0.332. The Kier molecular flexibility index (Phi) is 9.51. The van der Waals surface area contributed by atoms with Crippen LogP contribution in [-0.2, 0) is 4.74 Å². The normalized spacial score (nSPS) is 10.8. The van der Waals surface area contributed by atoms with Gasteiger partial charge in [-0.3, -0.25) is 0 Å². The van der Waals surface area contributed by atoms with Crippen molar-refractivity contribution < 1.29 is 38.9 Å². The molecular weight excluding hydrogens is 364 g/mol. The number of amides is 4. The number of carboxylic acid groups (broad SMARTS) is 2. The summed E-state index contributed by atoms with van der Waals surface area (Å²) in [6.07, 6.45) is -5.15. The van der Waals surface area contributed by atoms with E-state index in [1.54, 1.807) is 45.0 Å². The Morgan fingerprint density at radius 3 is 1.67 bits per heavy atom. The lowest BCUT2D eigenvalue weighted by Crippen LogP contribution is -2.21. The molecule has 0 saturated carbocycles. The summed E-state index contributed by atoms with van der Waals surface area (Å²) in [5, 5.41) is 26.0. The van der Waals surface area contributed by atoms with Crippen LogP contribution in [0, 0.1) is 6.92 Å². The van der Waals surface area contributed by atoms with E-state index in [1.165, 1.54) is 0 Å². The van der Waals surface area contributed by atoms with Gasteiger partial charge >= 0.3 is 24.4 Å². The number of nitrogens with zero attached hydrogens (tertiary/aromatic N) is 4. The molecule has 12 heteroatoms. The number of benzene rings is 1. The molecule has 0 radical (unpaired) electrons. The molecule has 4 amide bonds. The minimum absolute atomic E-state index is 0.332. The molecule has 0 bridgehead atoms. The first kappa shape index (κ1) is 23.3. The van der Waals surface area contributed by atoms with Crippen LogP contribution in [0.3, 0.4) is 0 Å². The van der Waals surface area contributed by atoms with Gasteiger partial charge in [0.15, 0.2) is 0 Å². The fraction of sp³-hybridized carbons (Fsp3) is 0.333. The molecule has 27 heavy (non-hydrogen) atoms. The first-order valence-electron chi connectivity index (χ1n) is 7.20. The smallest absolute Gasteiger partial charge is 0.458 e. The SMILES string of the molecule is Cc1ccc(OC(=O)N=NC(=O)OC(C)(C)C)cc1.O=C(O)N=NC(=O)O. The monoisotopic (exact) mass is 382 g/mol. The molecule has 0 aliphatic carbocycles. The van der Waals surface area contributed by atoms with Gasteiger partial charge in [-0.25, -0.2) is 19.2 Å². The molecule has 0 aliphatic rings. The maximum Gasteiger partial charge on any atom is 0.458 e. The number of ether oxygens (including phenoxy) is 2. The molecule has 0 unspecified atom stereocenters. The zero-order chi connectivity index (χ0) is 21.0. The predicted octanol–water partition coefficient (Wildman–Crippen LogP) is 4.68. The Balaban J connectivity index is 0.000000713. The van der Waals surface area contributed by atoms with Gasteiger partial charge in [0.25, 0.3) is 0 Å². The van der Waals surface area contributed by atoms with Gasteiger partial charge in [-0.2, -0.15) is 0 Å². The molecule has 1 rings (SSSR count). The van der Waals surface area contributed by atoms with Gasteiger partial charge in [0, 0.05) is 0 Å². The lowest BCUT2D eigenvalue weighted by molar-refractivity contribution is 0.0588. The molecule has 1 aromatic rings. The fourth-order valence-corrected chi connectivity index (χ4v) is 1.18. The molecule has 0 aliphatic heterocycles. The Bertz CT molecular complexity index is 719. The molecule has 1 aromatic carbocycles. The van der Waals surface area contributed by atoms with Crippen LogP contribution >= 0.6 is 0 Å². The maximum atomic E-state index is 11.3. The summed E-state index contributed by atoms with van der Waals surface area (Å²) in [4.78, 5) is 41.2. The molecule has 0 spiro atoms. The van der Waals surface area contributed by atoms with Crippen LogP contribution in [0.4, 0.5) is 19.2 Å². The first-order valence-corrected chi connectivity index (χ1v) is 7.20. The summed E-state index contributed by atoms with van der Waals surface area (Å²) in [7, 11) is 0. The second kappa shape index (κ2) is 11.0. The average Bonchev–Trinajstić information content (AvgIpc) is 2.52. The number of carbonyl (C=O) groups is 4. The summed E-state index contributed by atoms with van der Waals surface area (Å²) < 4.78 is 9.69. The van der Waals surface area contributed by atoms with Gasteiger partial charge in [0.1, 0.15) is 11.4 Å². The highest BCUT2D eigenvalue weighted by atomic mass is 16.6. The van der Waals surface area contributed by atoms with Crippen LogP contribution in [0.15, 0.2) is 44.7 Å². The van der Waals surface area contributed by atoms with Gasteiger partial charge < -0.3 is 19.7 Å². The van der Waals surface area contributed by atoms with Crippen LogP contribution < -0.4 is 4.74 Å².